The quantitative estimate of drug-likeness (QED) is 0.368. The van der Waals surface area contributed by atoms with Crippen LogP contribution in [0.3, 0.4) is 0 Å². The van der Waals surface area contributed by atoms with E-state index in [1.54, 1.807) is 72.7 Å². The number of methoxy groups -OCH3 is 1. The Morgan fingerprint density at radius 1 is 1.08 bits per heavy atom. The van der Waals surface area contributed by atoms with Crippen molar-refractivity contribution in [1.82, 2.24) is 0 Å². The van der Waals surface area contributed by atoms with Crippen molar-refractivity contribution in [3.63, 3.8) is 0 Å². The third-order valence-corrected chi connectivity index (χ3v) is 5.73. The summed E-state index contributed by atoms with van der Waals surface area (Å²) in [5, 5.41) is 3.44. The molecule has 9 heteroatoms. The number of benzene rings is 3. The van der Waals surface area contributed by atoms with Gasteiger partial charge in [-0.15, -0.1) is 0 Å². The van der Waals surface area contributed by atoms with Gasteiger partial charge in [-0.05, 0) is 73.2 Å². The van der Waals surface area contributed by atoms with Crippen LogP contribution in [0.1, 0.15) is 12.5 Å². The molecule has 37 heavy (non-hydrogen) atoms. The van der Waals surface area contributed by atoms with E-state index in [0.717, 1.165) is 5.56 Å². The molecule has 0 saturated carbocycles. The van der Waals surface area contributed by atoms with Crippen LogP contribution in [-0.2, 0) is 9.59 Å². The second kappa shape index (κ2) is 12.2. The van der Waals surface area contributed by atoms with Crippen molar-refractivity contribution in [2.45, 2.75) is 6.92 Å². The molecule has 2 amide bonds. The van der Waals surface area contributed by atoms with E-state index in [9.17, 15) is 9.59 Å². The van der Waals surface area contributed by atoms with E-state index in [4.69, 9.17) is 30.5 Å². The van der Waals surface area contributed by atoms with Crippen molar-refractivity contribution in [1.29, 1.82) is 0 Å². The molecule has 0 aromatic heterocycles. The summed E-state index contributed by atoms with van der Waals surface area (Å²) in [5.41, 5.74) is 1.88. The van der Waals surface area contributed by atoms with E-state index in [1.165, 1.54) is 6.08 Å². The molecule has 1 aliphatic heterocycles. The van der Waals surface area contributed by atoms with Crippen LogP contribution in [0, 0.1) is 0 Å². The lowest BCUT2D eigenvalue weighted by Crippen LogP contribution is -2.41. The molecule has 1 N–H and O–H groups in total. The highest BCUT2D eigenvalue weighted by atomic mass is 35.5. The first-order chi connectivity index (χ1) is 18.0. The minimum atomic E-state index is -0.325. The van der Waals surface area contributed by atoms with E-state index in [1.807, 2.05) is 13.0 Å². The highest BCUT2D eigenvalue weighted by Gasteiger charge is 2.26. The maximum Gasteiger partial charge on any atom is 0.265 e. The van der Waals surface area contributed by atoms with Gasteiger partial charge in [-0.3, -0.25) is 9.59 Å². The fourth-order valence-corrected chi connectivity index (χ4v) is 3.86. The third-order valence-electron chi connectivity index (χ3n) is 5.48. The smallest absolute Gasteiger partial charge is 0.265 e. The van der Waals surface area contributed by atoms with E-state index < -0.39 is 0 Å². The van der Waals surface area contributed by atoms with Gasteiger partial charge in [-0.2, -0.15) is 0 Å². The molecule has 0 fully saturated rings. The molecule has 0 atom stereocenters. The van der Waals surface area contributed by atoms with Gasteiger partial charge in [0, 0.05) is 16.8 Å². The van der Waals surface area contributed by atoms with Gasteiger partial charge in [0.1, 0.15) is 18.1 Å². The number of hydrogen-bond donors (Lipinski definition) is 1. The van der Waals surface area contributed by atoms with Gasteiger partial charge < -0.3 is 29.2 Å². The molecule has 3 aromatic rings. The summed E-state index contributed by atoms with van der Waals surface area (Å²) in [6.45, 7) is 2.95. The first-order valence-electron chi connectivity index (χ1n) is 11.7. The summed E-state index contributed by atoms with van der Waals surface area (Å²) in [6.07, 6.45) is 3.10. The molecular weight excluding hydrogens is 496 g/mol. The molecule has 0 spiro atoms. The molecule has 8 nitrogen and oxygen atoms in total. The monoisotopic (exact) mass is 522 g/mol. The van der Waals surface area contributed by atoms with Gasteiger partial charge in [0.2, 0.25) is 5.91 Å². The fourth-order valence-electron chi connectivity index (χ4n) is 3.73. The Hall–Kier alpha value is -4.17. The number of hydrogen-bond acceptors (Lipinski definition) is 6. The molecule has 1 aliphatic rings. The minimum Gasteiger partial charge on any atom is -0.493 e. The highest BCUT2D eigenvalue weighted by Crippen LogP contribution is 2.34. The lowest BCUT2D eigenvalue weighted by molar-refractivity contribution is -0.121. The Kier molecular flexibility index (Phi) is 8.53. The second-order valence-electron chi connectivity index (χ2n) is 7.98. The average molecular weight is 523 g/mol. The Morgan fingerprint density at radius 3 is 2.65 bits per heavy atom. The van der Waals surface area contributed by atoms with Crippen LogP contribution in [0.5, 0.6) is 23.0 Å². The van der Waals surface area contributed by atoms with Gasteiger partial charge >= 0.3 is 0 Å². The molecule has 3 aromatic carbocycles. The molecule has 0 unspecified atom stereocenters. The first kappa shape index (κ1) is 25.9. The Morgan fingerprint density at radius 2 is 1.89 bits per heavy atom. The number of ether oxygens (including phenoxy) is 4. The number of nitrogens with one attached hydrogen (secondary N) is 1. The normalized spacial score (nSPS) is 12.6. The third kappa shape index (κ3) is 6.74. The van der Waals surface area contributed by atoms with Crippen LogP contribution in [0.15, 0.2) is 66.7 Å². The van der Waals surface area contributed by atoms with Gasteiger partial charge in [-0.1, -0.05) is 17.7 Å². The summed E-state index contributed by atoms with van der Waals surface area (Å²) in [5.74, 6) is 1.92. The minimum absolute atomic E-state index is 0.0616. The van der Waals surface area contributed by atoms with E-state index in [0.29, 0.717) is 52.5 Å². The summed E-state index contributed by atoms with van der Waals surface area (Å²) in [6, 6.07) is 17.6. The van der Waals surface area contributed by atoms with Crippen molar-refractivity contribution in [2.75, 3.05) is 43.7 Å². The number of carbonyl (C=O) groups excluding carboxylic acids is 2. The largest absolute Gasteiger partial charge is 0.493 e. The molecule has 0 radical (unpaired) electrons. The lowest BCUT2D eigenvalue weighted by atomic mass is 10.1. The van der Waals surface area contributed by atoms with Crippen molar-refractivity contribution in [2.24, 2.45) is 0 Å². The van der Waals surface area contributed by atoms with E-state index in [-0.39, 0.29) is 25.0 Å². The van der Waals surface area contributed by atoms with Crippen molar-refractivity contribution in [3.05, 3.63) is 77.3 Å². The zero-order valence-electron chi connectivity index (χ0n) is 20.5. The van der Waals surface area contributed by atoms with Gasteiger partial charge in [0.25, 0.3) is 5.91 Å². The summed E-state index contributed by atoms with van der Waals surface area (Å²) in [7, 11) is 1.57. The van der Waals surface area contributed by atoms with Gasteiger partial charge in [0.15, 0.2) is 18.1 Å². The number of anilines is 2. The zero-order valence-corrected chi connectivity index (χ0v) is 21.3. The summed E-state index contributed by atoms with van der Waals surface area (Å²) >= 11 is 5.91. The molecule has 4 rings (SSSR count). The first-order valence-corrected chi connectivity index (χ1v) is 12.1. The number of nitrogens with zero attached hydrogens (tertiary/aromatic N) is 1. The molecule has 0 bridgehead atoms. The SMILES string of the molecule is CCOc1ccc(/C=C/C(=O)Nc2ccc3c(c2)N(CCOc2ccc(Cl)cc2)C(=O)CO3)cc1OC. The van der Waals surface area contributed by atoms with Gasteiger partial charge in [-0.25, -0.2) is 0 Å². The topological polar surface area (TPSA) is 86.3 Å². The maximum atomic E-state index is 12.6. The number of fused-ring (bicyclic) bond motifs is 1. The molecule has 192 valence electrons. The summed E-state index contributed by atoms with van der Waals surface area (Å²) in [4.78, 5) is 26.7. The number of carbonyl (C=O) groups is 2. The van der Waals surface area contributed by atoms with Crippen molar-refractivity contribution < 1.29 is 28.5 Å². The number of rotatable bonds is 10. The second-order valence-corrected chi connectivity index (χ2v) is 8.42. The summed E-state index contributed by atoms with van der Waals surface area (Å²) < 4.78 is 22.2. The Balaban J connectivity index is 1.41. The van der Waals surface area contributed by atoms with Crippen LogP contribution in [-0.4, -0.2) is 45.3 Å². The Bertz CT molecular complexity index is 1290. The van der Waals surface area contributed by atoms with Crippen LogP contribution < -0.4 is 29.2 Å². The predicted molar refractivity (Wildman–Crippen MR) is 143 cm³/mol. The number of amides is 2. The van der Waals surface area contributed by atoms with Crippen LogP contribution in [0.25, 0.3) is 6.08 Å². The number of halogens is 1. The molecule has 1 heterocycles. The lowest BCUT2D eigenvalue weighted by Gasteiger charge is -2.29. The maximum absolute atomic E-state index is 12.6. The van der Waals surface area contributed by atoms with Crippen LogP contribution in [0.2, 0.25) is 5.02 Å². The predicted octanol–water partition coefficient (Wildman–Crippen LogP) is 5.20. The van der Waals surface area contributed by atoms with Gasteiger partial charge in [0.05, 0.1) is 25.9 Å². The van der Waals surface area contributed by atoms with Crippen LogP contribution >= 0.6 is 11.6 Å². The van der Waals surface area contributed by atoms with Crippen molar-refractivity contribution >= 4 is 40.9 Å². The molecule has 0 aliphatic carbocycles. The molecular formula is C28H27ClN2O6. The standard InChI is InChI=1S/C28H27ClN2O6/c1-3-35-25-11-4-19(16-26(25)34-2)5-13-27(32)30-21-8-12-24-23(17-21)31(28(33)18-37-24)14-15-36-22-9-6-20(29)7-10-22/h4-13,16-17H,3,14-15,18H2,1-2H3,(H,30,32)/b13-5+. The van der Waals surface area contributed by atoms with Crippen molar-refractivity contribution in [3.8, 4) is 23.0 Å². The fraction of sp³-hybridized carbons (Fsp3) is 0.214. The van der Waals surface area contributed by atoms with Crippen LogP contribution in [0.4, 0.5) is 11.4 Å². The zero-order chi connectivity index (χ0) is 26.2. The average Bonchev–Trinajstić information content (AvgIpc) is 2.90. The van der Waals surface area contributed by atoms with E-state index >= 15 is 0 Å². The Labute approximate surface area is 220 Å². The van der Waals surface area contributed by atoms with E-state index in [2.05, 4.69) is 5.32 Å². The molecule has 0 saturated heterocycles. The highest BCUT2D eigenvalue weighted by molar-refractivity contribution is 6.30.